The topological polar surface area (TPSA) is 62.8 Å². The van der Waals surface area contributed by atoms with Crippen LogP contribution in [0.5, 0.6) is 0 Å². The molecule has 0 unspecified atom stereocenters. The molecule has 3 N–H and O–H groups in total. The molecule has 1 aromatic heterocycles. The van der Waals surface area contributed by atoms with E-state index in [9.17, 15) is 0 Å². The molecule has 0 aliphatic carbocycles. The van der Waals surface area contributed by atoms with Gasteiger partial charge < -0.3 is 5.73 Å². The molecule has 1 heterocycles. The summed E-state index contributed by atoms with van der Waals surface area (Å²) in [5, 5.41) is 7.53. The van der Waals surface area contributed by atoms with Crippen LogP contribution in [-0.2, 0) is 5.75 Å². The second-order valence-electron chi connectivity index (χ2n) is 4.46. The largest absolute Gasteiger partial charge is 0.382 e. The summed E-state index contributed by atoms with van der Waals surface area (Å²) in [6, 6.07) is 10.3. The van der Waals surface area contributed by atoms with E-state index >= 15 is 0 Å². The van der Waals surface area contributed by atoms with Crippen molar-refractivity contribution in [3.63, 3.8) is 0 Å². The molecule has 0 amide bonds. The molecule has 3 nitrogen and oxygen atoms in total. The molecule has 4 heteroatoms. The average molecular weight is 271 g/mol. The summed E-state index contributed by atoms with van der Waals surface area (Å²) in [7, 11) is 0. The van der Waals surface area contributed by atoms with Gasteiger partial charge in [-0.15, -0.1) is 11.8 Å². The van der Waals surface area contributed by atoms with Crippen molar-refractivity contribution >= 4 is 17.6 Å². The Bertz CT molecular complexity index is 608. The summed E-state index contributed by atoms with van der Waals surface area (Å²) < 4.78 is 0. The predicted octanol–water partition coefficient (Wildman–Crippen LogP) is 3.27. The molecule has 1 aromatic carbocycles. The minimum atomic E-state index is 0.0243. The number of nitrogens with one attached hydrogen (secondary N) is 1. The summed E-state index contributed by atoms with van der Waals surface area (Å²) in [6.07, 6.45) is 1.67. The molecule has 98 valence electrons. The third-order valence-electron chi connectivity index (χ3n) is 3.02. The van der Waals surface area contributed by atoms with Crippen molar-refractivity contribution in [3.05, 3.63) is 58.9 Å². The van der Waals surface area contributed by atoms with E-state index in [-0.39, 0.29) is 5.84 Å². The first-order valence-corrected chi connectivity index (χ1v) is 7.05. The van der Waals surface area contributed by atoms with E-state index in [1.165, 1.54) is 16.0 Å². The van der Waals surface area contributed by atoms with Gasteiger partial charge in [0.05, 0.1) is 0 Å². The summed E-state index contributed by atoms with van der Waals surface area (Å²) in [6.45, 7) is 4.23. The molecule has 0 atom stereocenters. The lowest BCUT2D eigenvalue weighted by molar-refractivity contribution is 1.19. The third kappa shape index (κ3) is 3.35. The van der Waals surface area contributed by atoms with Gasteiger partial charge in [-0.3, -0.25) is 10.4 Å². The van der Waals surface area contributed by atoms with Gasteiger partial charge in [0.2, 0.25) is 0 Å². The number of aromatic nitrogens is 1. The molecule has 0 bridgehead atoms. The minimum absolute atomic E-state index is 0.0243. The average Bonchev–Trinajstić information content (AvgIpc) is 2.40. The van der Waals surface area contributed by atoms with Gasteiger partial charge in [-0.2, -0.15) is 0 Å². The smallest absolute Gasteiger partial charge is 0.142 e. The first-order chi connectivity index (χ1) is 9.08. The lowest BCUT2D eigenvalue weighted by atomic mass is 10.1. The second kappa shape index (κ2) is 5.89. The Balaban J connectivity index is 2.14. The van der Waals surface area contributed by atoms with Gasteiger partial charge in [0.15, 0.2) is 0 Å². The van der Waals surface area contributed by atoms with Gasteiger partial charge in [0.25, 0.3) is 0 Å². The van der Waals surface area contributed by atoms with Crippen LogP contribution in [0.25, 0.3) is 0 Å². The highest BCUT2D eigenvalue weighted by Gasteiger charge is 2.07. The standard InChI is InChI=1S/C15H17N3S/c1-10-5-6-13(8-11(10)2)19-9-12-4-3-7-18-14(12)15(16)17/h3-8H,9H2,1-2H3,(H3,16,17). The van der Waals surface area contributed by atoms with E-state index in [4.69, 9.17) is 11.1 Å². The zero-order chi connectivity index (χ0) is 13.8. The number of benzene rings is 1. The Morgan fingerprint density at radius 3 is 2.74 bits per heavy atom. The number of nitrogen functional groups attached to an aromatic ring is 1. The fraction of sp³-hybridized carbons (Fsp3) is 0.200. The molecule has 2 aromatic rings. The maximum absolute atomic E-state index is 7.53. The summed E-state index contributed by atoms with van der Waals surface area (Å²) in [5.41, 5.74) is 9.72. The Labute approximate surface area is 117 Å². The Morgan fingerprint density at radius 2 is 2.05 bits per heavy atom. The van der Waals surface area contributed by atoms with Gasteiger partial charge in [-0.05, 0) is 48.7 Å². The van der Waals surface area contributed by atoms with Crippen LogP contribution in [0.4, 0.5) is 0 Å². The molecule has 2 rings (SSSR count). The Hall–Kier alpha value is -1.81. The molecule has 0 fully saturated rings. The van der Waals surface area contributed by atoms with Crippen LogP contribution in [0.2, 0.25) is 0 Å². The quantitative estimate of drug-likeness (QED) is 0.509. The highest BCUT2D eigenvalue weighted by Crippen LogP contribution is 2.25. The number of hydrogen-bond donors (Lipinski definition) is 2. The Morgan fingerprint density at radius 1 is 1.26 bits per heavy atom. The fourth-order valence-corrected chi connectivity index (χ4v) is 2.74. The zero-order valence-electron chi connectivity index (χ0n) is 11.1. The third-order valence-corrected chi connectivity index (χ3v) is 4.06. The number of nitrogens with zero attached hydrogens (tertiary/aromatic N) is 1. The monoisotopic (exact) mass is 271 g/mol. The van der Waals surface area contributed by atoms with Crippen LogP contribution in [-0.4, -0.2) is 10.8 Å². The van der Waals surface area contributed by atoms with Crippen LogP contribution in [0.1, 0.15) is 22.4 Å². The molecule has 0 aliphatic heterocycles. The highest BCUT2D eigenvalue weighted by molar-refractivity contribution is 7.98. The number of nitrogens with two attached hydrogens (primary N) is 1. The first kappa shape index (κ1) is 13.6. The summed E-state index contributed by atoms with van der Waals surface area (Å²) >= 11 is 1.74. The van der Waals surface area contributed by atoms with Crippen molar-refractivity contribution < 1.29 is 0 Å². The maximum atomic E-state index is 7.53. The van der Waals surface area contributed by atoms with Crippen LogP contribution in [0, 0.1) is 19.3 Å². The molecule has 0 aliphatic rings. The summed E-state index contributed by atoms with van der Waals surface area (Å²) in [5.74, 6) is 0.793. The summed E-state index contributed by atoms with van der Waals surface area (Å²) in [4.78, 5) is 5.38. The van der Waals surface area contributed by atoms with E-state index in [0.717, 1.165) is 11.3 Å². The van der Waals surface area contributed by atoms with Gasteiger partial charge >= 0.3 is 0 Å². The van der Waals surface area contributed by atoms with Gasteiger partial charge in [-0.25, -0.2) is 0 Å². The van der Waals surface area contributed by atoms with Crippen molar-refractivity contribution in [1.29, 1.82) is 5.41 Å². The number of amidine groups is 1. The van der Waals surface area contributed by atoms with Crippen LogP contribution < -0.4 is 5.73 Å². The van der Waals surface area contributed by atoms with Crippen molar-refractivity contribution in [2.75, 3.05) is 0 Å². The van der Waals surface area contributed by atoms with Crippen molar-refractivity contribution in [3.8, 4) is 0 Å². The van der Waals surface area contributed by atoms with Gasteiger partial charge in [0.1, 0.15) is 11.5 Å². The zero-order valence-corrected chi connectivity index (χ0v) is 11.9. The van der Waals surface area contributed by atoms with Crippen molar-refractivity contribution in [2.24, 2.45) is 5.73 Å². The van der Waals surface area contributed by atoms with Gasteiger partial charge in [-0.1, -0.05) is 12.1 Å². The van der Waals surface area contributed by atoms with Crippen LogP contribution in [0.3, 0.4) is 0 Å². The molecule has 0 radical (unpaired) electrons. The Kier molecular flexibility index (Phi) is 4.22. The predicted molar refractivity (Wildman–Crippen MR) is 80.7 cm³/mol. The van der Waals surface area contributed by atoms with Crippen LogP contribution >= 0.6 is 11.8 Å². The maximum Gasteiger partial charge on any atom is 0.142 e. The highest BCUT2D eigenvalue weighted by atomic mass is 32.2. The molecule has 0 saturated carbocycles. The van der Waals surface area contributed by atoms with E-state index in [2.05, 4.69) is 37.0 Å². The number of thioether (sulfide) groups is 1. The van der Waals surface area contributed by atoms with E-state index in [0.29, 0.717) is 5.69 Å². The van der Waals surface area contributed by atoms with Gasteiger partial charge in [0, 0.05) is 16.8 Å². The van der Waals surface area contributed by atoms with Crippen molar-refractivity contribution in [1.82, 2.24) is 4.98 Å². The molecule has 0 saturated heterocycles. The lowest BCUT2D eigenvalue weighted by Crippen LogP contribution is -2.15. The first-order valence-electron chi connectivity index (χ1n) is 6.06. The minimum Gasteiger partial charge on any atom is -0.382 e. The fourth-order valence-electron chi connectivity index (χ4n) is 1.76. The lowest BCUT2D eigenvalue weighted by Gasteiger charge is -2.08. The molecule has 0 spiro atoms. The number of pyridine rings is 1. The van der Waals surface area contributed by atoms with E-state index in [1.54, 1.807) is 18.0 Å². The normalized spacial score (nSPS) is 10.4. The molecular formula is C15H17N3S. The number of hydrogen-bond acceptors (Lipinski definition) is 3. The number of aryl methyl sites for hydroxylation is 2. The molecule has 19 heavy (non-hydrogen) atoms. The number of rotatable bonds is 4. The van der Waals surface area contributed by atoms with E-state index in [1.807, 2.05) is 12.1 Å². The van der Waals surface area contributed by atoms with Crippen LogP contribution in [0.15, 0.2) is 41.4 Å². The second-order valence-corrected chi connectivity index (χ2v) is 5.51. The SMILES string of the molecule is Cc1ccc(SCc2cccnc2C(=N)N)cc1C. The van der Waals surface area contributed by atoms with Crippen molar-refractivity contribution in [2.45, 2.75) is 24.5 Å². The van der Waals surface area contributed by atoms with E-state index < -0.39 is 0 Å². The molecular weight excluding hydrogens is 254 g/mol.